The number of ether oxygens (including phenoxy) is 3. The molecular weight excluding hydrogens is 796 g/mol. The average molecular weight is 856 g/mol. The molecule has 330 valence electrons. The summed E-state index contributed by atoms with van der Waals surface area (Å²) in [7, 11) is 0. The first-order valence-corrected chi connectivity index (χ1v) is 24.3. The van der Waals surface area contributed by atoms with E-state index in [1.54, 1.807) is 36.4 Å². The fourth-order valence-corrected chi connectivity index (χ4v) is 17.8. The minimum Gasteiger partial charge on any atom is -0.457 e. The van der Waals surface area contributed by atoms with Crippen LogP contribution in [0.15, 0.2) is 54.6 Å². The second-order valence-corrected chi connectivity index (χ2v) is 23.1. The molecule has 0 aromatic heterocycles. The predicted molar refractivity (Wildman–Crippen MR) is 239 cm³/mol. The zero-order chi connectivity index (χ0) is 42.6. The minimum atomic E-state index is -0.508. The maximum absolute atomic E-state index is 15.1. The van der Waals surface area contributed by atoms with Crippen molar-refractivity contribution in [2.24, 2.45) is 53.3 Å². The van der Waals surface area contributed by atoms with Crippen LogP contribution in [-0.2, 0) is 16.2 Å². The number of hydrogen-bond donors (Lipinski definition) is 3. The Morgan fingerprint density at radius 1 is 0.349 bits per heavy atom. The fraction of sp³-hybridized carbons (Fsp3) is 0.556. The molecule has 6 N–H and O–H groups in total. The molecule has 12 aliphatic rings. The largest absolute Gasteiger partial charge is 0.457 e. The SMILES string of the molecule is Nc1cc(Oc2c(Oc3ccc(F)c(N)c3)c(C34CC5CC(CC(C5)C3)C4)c(C34CC5CC(CC(C5)C3)C4)c(Oc3ccc(F)c(N)c3)c2C23CC4CC(CC(C4)C2)C3)ccc1F. The first-order chi connectivity index (χ1) is 30.4. The molecule has 4 aromatic carbocycles. The van der Waals surface area contributed by atoms with Crippen molar-refractivity contribution in [3.8, 4) is 34.5 Å². The van der Waals surface area contributed by atoms with Crippen LogP contribution in [0.3, 0.4) is 0 Å². The van der Waals surface area contributed by atoms with Gasteiger partial charge in [0.2, 0.25) is 0 Å². The summed E-state index contributed by atoms with van der Waals surface area (Å²) >= 11 is 0. The standard InChI is InChI=1S/C54H60F3N3O3/c55-40-4-1-37(16-43(40)58)61-49-46(52-19-28-7-29(20-52)9-30(8-28)21-52)47(53-22-31-10-32(23-53)12-33(11-31)24-53)50(62-38-2-5-41(56)44(59)17-38)51(63-39-3-6-42(57)45(60)18-39)48(49)54-25-34-13-35(26-54)15-36(14-34)27-54/h1-6,16-18,28-36H,7-15,19-27,58-60H2. The monoisotopic (exact) mass is 855 g/mol. The van der Waals surface area contributed by atoms with E-state index in [1.165, 1.54) is 87.1 Å². The molecule has 0 spiro atoms. The number of nitrogens with two attached hydrogens (primary N) is 3. The molecule has 16 rings (SSSR count). The molecule has 6 nitrogen and oxygen atoms in total. The maximum atomic E-state index is 15.1. The van der Waals surface area contributed by atoms with E-state index in [0.29, 0.717) is 82.0 Å². The van der Waals surface area contributed by atoms with E-state index in [1.807, 2.05) is 0 Å². The summed E-state index contributed by atoms with van der Waals surface area (Å²) in [5.41, 5.74) is 22.0. The van der Waals surface area contributed by atoms with Crippen LogP contribution in [0.2, 0.25) is 0 Å². The van der Waals surface area contributed by atoms with Crippen LogP contribution in [0.5, 0.6) is 34.5 Å². The number of anilines is 3. The van der Waals surface area contributed by atoms with Gasteiger partial charge >= 0.3 is 0 Å². The van der Waals surface area contributed by atoms with Crippen molar-refractivity contribution in [1.82, 2.24) is 0 Å². The molecular formula is C54H60F3N3O3. The van der Waals surface area contributed by atoms with Crippen molar-refractivity contribution >= 4 is 17.1 Å². The zero-order valence-corrected chi connectivity index (χ0v) is 36.2. The van der Waals surface area contributed by atoms with Gasteiger partial charge in [0.25, 0.3) is 0 Å². The van der Waals surface area contributed by atoms with Crippen molar-refractivity contribution in [3.63, 3.8) is 0 Å². The van der Waals surface area contributed by atoms with Gasteiger partial charge in [0.1, 0.15) is 40.4 Å². The number of rotatable bonds is 9. The lowest BCUT2D eigenvalue weighted by Gasteiger charge is -2.62. The Morgan fingerprint density at radius 3 is 0.873 bits per heavy atom. The Kier molecular flexibility index (Phi) is 8.48. The van der Waals surface area contributed by atoms with E-state index in [4.69, 9.17) is 31.4 Å². The molecule has 12 aliphatic carbocycles. The molecule has 12 bridgehead atoms. The molecule has 63 heavy (non-hydrogen) atoms. The van der Waals surface area contributed by atoms with E-state index in [9.17, 15) is 0 Å². The Balaban J connectivity index is 1.18. The molecule has 0 amide bonds. The highest BCUT2D eigenvalue weighted by molar-refractivity contribution is 5.73. The van der Waals surface area contributed by atoms with Gasteiger partial charge in [0.05, 0.1) is 17.1 Å². The zero-order valence-electron chi connectivity index (χ0n) is 36.2. The van der Waals surface area contributed by atoms with E-state index >= 15 is 13.2 Å². The van der Waals surface area contributed by atoms with Gasteiger partial charge in [-0.3, -0.25) is 0 Å². The quantitative estimate of drug-likeness (QED) is 0.145. The van der Waals surface area contributed by atoms with Crippen LogP contribution in [0.25, 0.3) is 0 Å². The molecule has 4 aromatic rings. The third-order valence-corrected chi connectivity index (χ3v) is 18.6. The van der Waals surface area contributed by atoms with Crippen molar-refractivity contribution in [2.45, 2.75) is 132 Å². The van der Waals surface area contributed by atoms with Gasteiger partial charge in [-0.1, -0.05) is 0 Å². The Morgan fingerprint density at radius 2 is 0.587 bits per heavy atom. The lowest BCUT2D eigenvalue weighted by molar-refractivity contribution is -0.0205. The maximum Gasteiger partial charge on any atom is 0.177 e. The normalized spacial score (nSPS) is 37.5. The van der Waals surface area contributed by atoms with Gasteiger partial charge in [-0.15, -0.1) is 0 Å². The summed E-state index contributed by atoms with van der Waals surface area (Å²) in [5, 5.41) is 0. The highest BCUT2D eigenvalue weighted by Gasteiger charge is 2.62. The van der Waals surface area contributed by atoms with Crippen LogP contribution in [0.4, 0.5) is 30.2 Å². The van der Waals surface area contributed by atoms with Gasteiger partial charge in [-0.05, 0) is 205 Å². The van der Waals surface area contributed by atoms with Crippen molar-refractivity contribution in [3.05, 3.63) is 88.7 Å². The number of nitrogen functional groups attached to an aromatic ring is 3. The summed E-state index contributed by atoms with van der Waals surface area (Å²) in [6.45, 7) is 0. The second-order valence-electron chi connectivity index (χ2n) is 23.1. The third kappa shape index (κ3) is 6.16. The predicted octanol–water partition coefficient (Wildman–Crippen LogP) is 13.6. The minimum absolute atomic E-state index is 0.00221. The van der Waals surface area contributed by atoms with Crippen LogP contribution < -0.4 is 31.4 Å². The van der Waals surface area contributed by atoms with Crippen LogP contribution in [0.1, 0.15) is 132 Å². The number of benzene rings is 4. The number of halogens is 3. The molecule has 0 radical (unpaired) electrons. The molecule has 0 unspecified atom stereocenters. The van der Waals surface area contributed by atoms with Gasteiger partial charge in [-0.2, -0.15) is 0 Å². The molecule has 12 saturated carbocycles. The van der Waals surface area contributed by atoms with E-state index in [0.717, 1.165) is 69.1 Å². The van der Waals surface area contributed by atoms with E-state index in [2.05, 4.69) is 0 Å². The molecule has 12 fully saturated rings. The van der Waals surface area contributed by atoms with Gasteiger partial charge in [-0.25, -0.2) is 13.2 Å². The van der Waals surface area contributed by atoms with Crippen LogP contribution >= 0.6 is 0 Å². The lowest BCUT2D eigenvalue weighted by Crippen LogP contribution is -2.53. The number of hydrogen-bond acceptors (Lipinski definition) is 6. The summed E-state index contributed by atoms with van der Waals surface area (Å²) in [4.78, 5) is 0. The van der Waals surface area contributed by atoms with Gasteiger partial charge < -0.3 is 31.4 Å². The Labute approximate surface area is 368 Å². The average Bonchev–Trinajstić information content (AvgIpc) is 3.21. The summed E-state index contributed by atoms with van der Waals surface area (Å²) in [5.74, 6) is 7.53. The summed E-state index contributed by atoms with van der Waals surface area (Å²) in [6, 6.07) is 14.1. The van der Waals surface area contributed by atoms with Gasteiger partial charge in [0, 0.05) is 51.1 Å². The summed E-state index contributed by atoms with van der Waals surface area (Å²) in [6.07, 6.45) is 20.8. The highest BCUT2D eigenvalue weighted by atomic mass is 19.1. The van der Waals surface area contributed by atoms with Crippen molar-refractivity contribution in [1.29, 1.82) is 0 Å². The van der Waals surface area contributed by atoms with Crippen LogP contribution in [-0.4, -0.2) is 0 Å². The first-order valence-electron chi connectivity index (χ1n) is 24.3. The Hall–Kier alpha value is -4.53. The molecule has 0 heterocycles. The van der Waals surface area contributed by atoms with E-state index < -0.39 is 17.5 Å². The fourth-order valence-electron chi connectivity index (χ4n) is 17.8. The third-order valence-electron chi connectivity index (χ3n) is 18.6. The topological polar surface area (TPSA) is 106 Å². The molecule has 9 heteroatoms. The van der Waals surface area contributed by atoms with E-state index in [-0.39, 0.29) is 33.3 Å². The summed E-state index contributed by atoms with van der Waals surface area (Å²) < 4.78 is 67.8. The lowest BCUT2D eigenvalue weighted by atomic mass is 9.43. The Bertz CT molecular complexity index is 2450. The first kappa shape index (κ1) is 38.9. The van der Waals surface area contributed by atoms with Crippen molar-refractivity contribution < 1.29 is 27.4 Å². The van der Waals surface area contributed by atoms with Crippen LogP contribution in [0, 0.1) is 70.7 Å². The molecule has 0 saturated heterocycles. The smallest absolute Gasteiger partial charge is 0.177 e. The molecule has 0 atom stereocenters. The van der Waals surface area contributed by atoms with Gasteiger partial charge in [0.15, 0.2) is 11.5 Å². The second kappa shape index (κ2) is 13.7. The highest BCUT2D eigenvalue weighted by Crippen LogP contribution is 2.73. The van der Waals surface area contributed by atoms with Crippen molar-refractivity contribution in [2.75, 3.05) is 17.2 Å². The molecule has 0 aliphatic heterocycles.